The summed E-state index contributed by atoms with van der Waals surface area (Å²) in [6.45, 7) is 3.42. The Labute approximate surface area is 155 Å². The minimum atomic E-state index is -0.629. The zero-order valence-corrected chi connectivity index (χ0v) is 15.9. The number of aliphatic hydroxyl groups is 1. The molecule has 3 aromatic rings. The summed E-state index contributed by atoms with van der Waals surface area (Å²) in [4.78, 5) is 14.8. The molecule has 1 fully saturated rings. The Bertz CT molecular complexity index is 930. The van der Waals surface area contributed by atoms with Gasteiger partial charge in [0.25, 0.3) is 0 Å². The Hall–Kier alpha value is -1.50. The molecule has 0 amide bonds. The van der Waals surface area contributed by atoms with Crippen LogP contribution < -0.4 is 4.90 Å². The van der Waals surface area contributed by atoms with Gasteiger partial charge in [-0.3, -0.25) is 0 Å². The molecule has 1 unspecified atom stereocenters. The third-order valence-corrected chi connectivity index (χ3v) is 7.20. The average molecular weight is 372 g/mol. The van der Waals surface area contributed by atoms with Crippen LogP contribution in [0.15, 0.2) is 16.8 Å². The van der Waals surface area contributed by atoms with Crippen LogP contribution in [-0.2, 0) is 12.8 Å². The van der Waals surface area contributed by atoms with Gasteiger partial charge in [0.15, 0.2) is 5.82 Å². The number of aromatic nitrogens is 2. The second-order valence-corrected chi connectivity index (χ2v) is 9.31. The second-order valence-electron chi connectivity index (χ2n) is 7.44. The Morgan fingerprint density at radius 3 is 2.88 bits per heavy atom. The van der Waals surface area contributed by atoms with Crippen molar-refractivity contribution in [2.75, 3.05) is 18.0 Å². The second kappa shape index (κ2) is 5.76. The zero-order valence-electron chi connectivity index (χ0n) is 14.3. The average Bonchev–Trinajstić information content (AvgIpc) is 3.31. The van der Waals surface area contributed by atoms with Crippen molar-refractivity contribution in [2.24, 2.45) is 0 Å². The Kier molecular flexibility index (Phi) is 3.62. The third kappa shape index (κ3) is 2.67. The van der Waals surface area contributed by atoms with E-state index in [4.69, 9.17) is 9.97 Å². The van der Waals surface area contributed by atoms with E-state index in [1.807, 2.05) is 18.3 Å². The van der Waals surface area contributed by atoms with Crippen molar-refractivity contribution >= 4 is 38.7 Å². The molecule has 5 rings (SSSR count). The first-order chi connectivity index (χ1) is 12.1. The number of thiophene rings is 2. The van der Waals surface area contributed by atoms with E-state index in [0.717, 1.165) is 41.4 Å². The van der Waals surface area contributed by atoms with Crippen molar-refractivity contribution in [3.63, 3.8) is 0 Å². The smallest absolute Gasteiger partial charge is 0.163 e. The number of anilines is 1. The number of fused-ring (bicyclic) bond motifs is 3. The van der Waals surface area contributed by atoms with E-state index in [1.54, 1.807) is 11.3 Å². The number of hydrogen-bond donors (Lipinski definition) is 1. The molecule has 0 saturated carbocycles. The minimum absolute atomic E-state index is 0.629. The molecule has 6 heteroatoms. The summed E-state index contributed by atoms with van der Waals surface area (Å²) in [5.41, 5.74) is 1.92. The molecule has 2 aliphatic rings. The fourth-order valence-corrected chi connectivity index (χ4v) is 5.90. The van der Waals surface area contributed by atoms with Gasteiger partial charge < -0.3 is 10.0 Å². The van der Waals surface area contributed by atoms with Gasteiger partial charge in [0.1, 0.15) is 10.6 Å². The highest BCUT2D eigenvalue weighted by Crippen LogP contribution is 2.42. The highest BCUT2D eigenvalue weighted by atomic mass is 32.1. The Morgan fingerprint density at radius 2 is 2.12 bits per heavy atom. The quantitative estimate of drug-likeness (QED) is 0.731. The van der Waals surface area contributed by atoms with Gasteiger partial charge in [-0.15, -0.1) is 11.3 Å². The fraction of sp³-hybridized carbons (Fsp3) is 0.474. The lowest BCUT2D eigenvalue weighted by Crippen LogP contribution is -2.30. The van der Waals surface area contributed by atoms with Crippen molar-refractivity contribution in [1.29, 1.82) is 0 Å². The summed E-state index contributed by atoms with van der Waals surface area (Å²) in [5, 5.41) is 15.9. The first kappa shape index (κ1) is 15.7. The predicted molar refractivity (Wildman–Crippen MR) is 105 cm³/mol. The van der Waals surface area contributed by atoms with Gasteiger partial charge in [-0.2, -0.15) is 11.3 Å². The van der Waals surface area contributed by atoms with E-state index >= 15 is 0 Å². The lowest BCUT2D eigenvalue weighted by molar-refractivity contribution is 0.0839. The van der Waals surface area contributed by atoms with E-state index in [-0.39, 0.29) is 0 Å². The van der Waals surface area contributed by atoms with Crippen LogP contribution in [0.25, 0.3) is 21.6 Å². The molecular weight excluding hydrogens is 350 g/mol. The largest absolute Gasteiger partial charge is 0.388 e. The van der Waals surface area contributed by atoms with Gasteiger partial charge >= 0.3 is 0 Å². The maximum absolute atomic E-state index is 10.5. The van der Waals surface area contributed by atoms with Crippen molar-refractivity contribution in [2.45, 2.75) is 44.6 Å². The maximum atomic E-state index is 10.5. The molecule has 1 atom stereocenters. The van der Waals surface area contributed by atoms with Crippen LogP contribution in [0.3, 0.4) is 0 Å². The molecule has 3 aromatic heterocycles. The number of aryl methyl sites for hydroxylation is 2. The van der Waals surface area contributed by atoms with Crippen LogP contribution in [0.4, 0.5) is 5.82 Å². The Morgan fingerprint density at radius 1 is 1.24 bits per heavy atom. The van der Waals surface area contributed by atoms with Crippen LogP contribution in [0.5, 0.6) is 0 Å². The van der Waals surface area contributed by atoms with E-state index in [1.165, 1.54) is 35.1 Å². The summed E-state index contributed by atoms with van der Waals surface area (Å²) in [6, 6.07) is 2.09. The summed E-state index contributed by atoms with van der Waals surface area (Å²) >= 11 is 3.52. The van der Waals surface area contributed by atoms with Crippen LogP contribution >= 0.6 is 22.7 Å². The lowest BCUT2D eigenvalue weighted by Gasteiger charge is -2.22. The third-order valence-electron chi connectivity index (χ3n) is 5.33. The Balaban J connectivity index is 1.73. The molecule has 4 nitrogen and oxygen atoms in total. The van der Waals surface area contributed by atoms with Gasteiger partial charge in [0.2, 0.25) is 0 Å². The van der Waals surface area contributed by atoms with Crippen molar-refractivity contribution in [3.8, 4) is 11.4 Å². The normalized spacial score (nSPS) is 23.4. The van der Waals surface area contributed by atoms with Gasteiger partial charge in [-0.1, -0.05) is 0 Å². The first-order valence-electron chi connectivity index (χ1n) is 8.93. The topological polar surface area (TPSA) is 49.2 Å². The van der Waals surface area contributed by atoms with Gasteiger partial charge in [-0.05, 0) is 56.0 Å². The monoisotopic (exact) mass is 371 g/mol. The van der Waals surface area contributed by atoms with Crippen molar-refractivity contribution in [1.82, 2.24) is 9.97 Å². The summed E-state index contributed by atoms with van der Waals surface area (Å²) in [7, 11) is 0. The fourth-order valence-electron chi connectivity index (χ4n) is 4.01. The molecule has 0 radical (unpaired) electrons. The SMILES string of the molecule is CC1(O)CCN(c2nc(-c3ccsc3)nc3sc4c(c23)CCCC4)C1. The van der Waals surface area contributed by atoms with E-state index in [9.17, 15) is 5.11 Å². The summed E-state index contributed by atoms with van der Waals surface area (Å²) in [5.74, 6) is 1.84. The highest BCUT2D eigenvalue weighted by Gasteiger charge is 2.34. The summed E-state index contributed by atoms with van der Waals surface area (Å²) in [6.07, 6.45) is 5.62. The molecule has 130 valence electrons. The molecule has 0 bridgehead atoms. The number of hydrogen-bond acceptors (Lipinski definition) is 6. The number of β-amino-alcohol motifs (C(OH)–C–C–N with tert-alkyl or cyclic N) is 1. The van der Waals surface area contributed by atoms with Crippen LogP contribution in [-0.4, -0.2) is 33.8 Å². The van der Waals surface area contributed by atoms with E-state index in [0.29, 0.717) is 6.54 Å². The van der Waals surface area contributed by atoms with Gasteiger partial charge in [-0.25, -0.2) is 9.97 Å². The van der Waals surface area contributed by atoms with E-state index < -0.39 is 5.60 Å². The van der Waals surface area contributed by atoms with Crippen LogP contribution in [0.2, 0.25) is 0 Å². The lowest BCUT2D eigenvalue weighted by atomic mass is 9.97. The first-order valence-corrected chi connectivity index (χ1v) is 10.7. The van der Waals surface area contributed by atoms with Crippen molar-refractivity contribution in [3.05, 3.63) is 27.3 Å². The molecule has 25 heavy (non-hydrogen) atoms. The molecule has 1 aliphatic carbocycles. The highest BCUT2D eigenvalue weighted by molar-refractivity contribution is 7.19. The molecule has 0 spiro atoms. The zero-order chi connectivity index (χ0) is 17.0. The maximum Gasteiger partial charge on any atom is 0.163 e. The number of nitrogens with zero attached hydrogens (tertiary/aromatic N) is 3. The molecule has 1 aliphatic heterocycles. The van der Waals surface area contributed by atoms with Gasteiger partial charge in [0, 0.05) is 28.9 Å². The van der Waals surface area contributed by atoms with Crippen LogP contribution in [0, 0.1) is 0 Å². The number of rotatable bonds is 2. The minimum Gasteiger partial charge on any atom is -0.388 e. The predicted octanol–water partition coefficient (Wildman–Crippen LogP) is 4.26. The van der Waals surface area contributed by atoms with Crippen molar-refractivity contribution < 1.29 is 5.11 Å². The molecule has 0 aromatic carbocycles. The molecule has 4 heterocycles. The molecule has 1 saturated heterocycles. The standard InChI is InChI=1S/C19H21N3OS2/c1-19(23)7-8-22(11-19)17-15-13-4-2-3-5-14(13)25-18(15)21-16(20-17)12-6-9-24-10-12/h6,9-10,23H,2-5,7-8,11H2,1H3. The van der Waals surface area contributed by atoms with Gasteiger partial charge in [0.05, 0.1) is 11.0 Å². The van der Waals surface area contributed by atoms with E-state index in [2.05, 4.69) is 21.7 Å². The van der Waals surface area contributed by atoms with Crippen LogP contribution in [0.1, 0.15) is 36.6 Å². The molecular formula is C19H21N3OS2. The summed E-state index contributed by atoms with van der Waals surface area (Å²) < 4.78 is 0. The molecule has 1 N–H and O–H groups in total.